The number of hydrogen-bond acceptors (Lipinski definition) is 2. The van der Waals surface area contributed by atoms with Crippen LogP contribution in [0.5, 0.6) is 5.75 Å². The van der Waals surface area contributed by atoms with Crippen LogP contribution in [0.25, 0.3) is 22.3 Å². The molecule has 0 radical (unpaired) electrons. The van der Waals surface area contributed by atoms with Gasteiger partial charge in [0, 0.05) is 23.3 Å². The maximum Gasteiger partial charge on any atom is 0.200 e. The number of rotatable bonds is 8. The zero-order valence-corrected chi connectivity index (χ0v) is 19.4. The first kappa shape index (κ1) is 24.5. The molecule has 4 rings (SSSR count). The molecule has 0 aliphatic heterocycles. The summed E-state index contributed by atoms with van der Waals surface area (Å²) < 4.78 is 68.7. The molecule has 0 unspecified atom stereocenters. The maximum atomic E-state index is 14.9. The SMILES string of the molecule is CCOCc1ccc(OCc2ccc(-c3ccc(-c4ccc(C)cc4)c(F)c3F)cc2)c(F)c1F. The van der Waals surface area contributed by atoms with Crippen molar-refractivity contribution in [3.8, 4) is 28.0 Å². The Hall–Kier alpha value is -3.64. The molecule has 0 bridgehead atoms. The molecule has 6 heteroatoms. The molecule has 4 aromatic rings. The lowest BCUT2D eigenvalue weighted by Crippen LogP contribution is -2.03. The molecule has 35 heavy (non-hydrogen) atoms. The summed E-state index contributed by atoms with van der Waals surface area (Å²) in [5, 5.41) is 0. The Morgan fingerprint density at radius 3 is 1.74 bits per heavy atom. The fourth-order valence-corrected chi connectivity index (χ4v) is 3.68. The minimum Gasteiger partial charge on any atom is -0.486 e. The van der Waals surface area contributed by atoms with Crippen LogP contribution in [-0.2, 0) is 18.0 Å². The zero-order chi connectivity index (χ0) is 24.9. The van der Waals surface area contributed by atoms with Crippen molar-refractivity contribution in [1.29, 1.82) is 0 Å². The highest BCUT2D eigenvalue weighted by molar-refractivity contribution is 5.72. The first-order valence-electron chi connectivity index (χ1n) is 11.2. The van der Waals surface area contributed by atoms with Gasteiger partial charge in [-0.25, -0.2) is 13.2 Å². The maximum absolute atomic E-state index is 14.9. The van der Waals surface area contributed by atoms with Gasteiger partial charge in [-0.3, -0.25) is 0 Å². The van der Waals surface area contributed by atoms with Crippen molar-refractivity contribution < 1.29 is 27.0 Å². The van der Waals surface area contributed by atoms with Gasteiger partial charge in [0.1, 0.15) is 6.61 Å². The molecule has 0 aromatic heterocycles. The monoisotopic (exact) mass is 480 g/mol. The van der Waals surface area contributed by atoms with Gasteiger partial charge in [-0.05, 0) is 42.7 Å². The van der Waals surface area contributed by atoms with E-state index in [9.17, 15) is 17.6 Å². The first-order chi connectivity index (χ1) is 16.9. The summed E-state index contributed by atoms with van der Waals surface area (Å²) in [6.45, 7) is 4.03. The smallest absolute Gasteiger partial charge is 0.200 e. The molecule has 0 aliphatic carbocycles. The van der Waals surface area contributed by atoms with Crippen molar-refractivity contribution in [2.24, 2.45) is 0 Å². The van der Waals surface area contributed by atoms with Crippen LogP contribution in [0.4, 0.5) is 17.6 Å². The molecule has 4 aromatic carbocycles. The van der Waals surface area contributed by atoms with Gasteiger partial charge in [0.2, 0.25) is 5.82 Å². The Labute approximate surface area is 201 Å². The molecule has 0 amide bonds. The second-order valence-electron chi connectivity index (χ2n) is 8.13. The number of ether oxygens (including phenoxy) is 2. The van der Waals surface area contributed by atoms with Crippen LogP contribution in [0.3, 0.4) is 0 Å². The highest BCUT2D eigenvalue weighted by Crippen LogP contribution is 2.32. The van der Waals surface area contributed by atoms with Crippen LogP contribution >= 0.6 is 0 Å². The molecule has 0 N–H and O–H groups in total. The highest BCUT2D eigenvalue weighted by Gasteiger charge is 2.17. The third-order valence-electron chi connectivity index (χ3n) is 5.69. The van der Waals surface area contributed by atoms with Crippen molar-refractivity contribution in [2.75, 3.05) is 6.61 Å². The van der Waals surface area contributed by atoms with Crippen molar-refractivity contribution in [3.05, 3.63) is 113 Å². The molecule has 0 atom stereocenters. The zero-order valence-electron chi connectivity index (χ0n) is 19.4. The van der Waals surface area contributed by atoms with E-state index < -0.39 is 23.3 Å². The van der Waals surface area contributed by atoms with E-state index in [4.69, 9.17) is 9.47 Å². The van der Waals surface area contributed by atoms with E-state index in [1.54, 1.807) is 55.5 Å². The predicted octanol–water partition coefficient (Wildman–Crippen LogP) is 8.00. The van der Waals surface area contributed by atoms with Gasteiger partial charge in [-0.15, -0.1) is 0 Å². The van der Waals surface area contributed by atoms with E-state index in [0.717, 1.165) is 5.56 Å². The quantitative estimate of drug-likeness (QED) is 0.238. The molecule has 180 valence electrons. The lowest BCUT2D eigenvalue weighted by molar-refractivity contribution is 0.130. The summed E-state index contributed by atoms with van der Waals surface area (Å²) in [4.78, 5) is 0. The van der Waals surface area contributed by atoms with Crippen LogP contribution in [0.1, 0.15) is 23.6 Å². The van der Waals surface area contributed by atoms with Crippen molar-refractivity contribution >= 4 is 0 Å². The molecule has 0 saturated heterocycles. The summed E-state index contributed by atoms with van der Waals surface area (Å²) in [6.07, 6.45) is 0. The van der Waals surface area contributed by atoms with Gasteiger partial charge in [0.05, 0.1) is 6.61 Å². The highest BCUT2D eigenvalue weighted by atomic mass is 19.2. The van der Waals surface area contributed by atoms with Crippen LogP contribution < -0.4 is 4.74 Å². The van der Waals surface area contributed by atoms with Crippen molar-refractivity contribution in [2.45, 2.75) is 27.1 Å². The third kappa shape index (κ3) is 5.38. The molecule has 2 nitrogen and oxygen atoms in total. The molecule has 0 saturated carbocycles. The van der Waals surface area contributed by atoms with Crippen LogP contribution in [0.2, 0.25) is 0 Å². The Morgan fingerprint density at radius 1 is 0.600 bits per heavy atom. The Morgan fingerprint density at radius 2 is 1.17 bits per heavy atom. The summed E-state index contributed by atoms with van der Waals surface area (Å²) in [5.41, 5.74) is 3.20. The second-order valence-corrected chi connectivity index (χ2v) is 8.13. The fourth-order valence-electron chi connectivity index (χ4n) is 3.68. The minimum atomic E-state index is -1.08. The number of aryl methyl sites for hydroxylation is 1. The molecule has 0 spiro atoms. The van der Waals surface area contributed by atoms with Gasteiger partial charge in [0.25, 0.3) is 0 Å². The van der Waals surface area contributed by atoms with E-state index in [-0.39, 0.29) is 35.7 Å². The molecular formula is C29H24F4O2. The minimum absolute atomic E-state index is 0.0232. The average Bonchev–Trinajstić information content (AvgIpc) is 2.87. The van der Waals surface area contributed by atoms with E-state index in [1.807, 2.05) is 19.1 Å². The molecule has 0 aliphatic rings. The number of hydrogen-bond donors (Lipinski definition) is 0. The van der Waals surface area contributed by atoms with Gasteiger partial charge >= 0.3 is 0 Å². The van der Waals surface area contributed by atoms with E-state index in [2.05, 4.69) is 0 Å². The van der Waals surface area contributed by atoms with Gasteiger partial charge in [0.15, 0.2) is 23.2 Å². The van der Waals surface area contributed by atoms with Crippen LogP contribution in [0.15, 0.2) is 72.8 Å². The normalized spacial score (nSPS) is 11.0. The lowest BCUT2D eigenvalue weighted by atomic mass is 9.98. The van der Waals surface area contributed by atoms with E-state index in [0.29, 0.717) is 23.3 Å². The molecule has 0 fully saturated rings. The van der Waals surface area contributed by atoms with Gasteiger partial charge in [-0.2, -0.15) is 4.39 Å². The van der Waals surface area contributed by atoms with Gasteiger partial charge < -0.3 is 9.47 Å². The summed E-state index contributed by atoms with van der Waals surface area (Å²) in [7, 11) is 0. The standard InChI is InChI=1S/C29H24F4O2/c1-3-34-17-22-12-15-25(29(33)26(22)30)35-16-19-6-10-21(11-7-19)24-14-13-23(27(31)28(24)32)20-8-4-18(2)5-9-20/h4-15H,3,16-17H2,1-2H3. The summed E-state index contributed by atoms with van der Waals surface area (Å²) in [5.74, 6) is -4.14. The predicted molar refractivity (Wildman–Crippen MR) is 128 cm³/mol. The third-order valence-corrected chi connectivity index (χ3v) is 5.69. The topological polar surface area (TPSA) is 18.5 Å². The van der Waals surface area contributed by atoms with Crippen LogP contribution in [-0.4, -0.2) is 6.61 Å². The molecular weight excluding hydrogens is 456 g/mol. The fraction of sp³-hybridized carbons (Fsp3) is 0.172. The average molecular weight is 481 g/mol. The Bertz CT molecular complexity index is 1320. The largest absolute Gasteiger partial charge is 0.486 e. The number of halogens is 4. The lowest BCUT2D eigenvalue weighted by Gasteiger charge is -2.12. The Balaban J connectivity index is 1.48. The summed E-state index contributed by atoms with van der Waals surface area (Å²) in [6, 6.07) is 19.7. The number of benzene rings is 4. The van der Waals surface area contributed by atoms with E-state index in [1.165, 1.54) is 12.1 Å². The van der Waals surface area contributed by atoms with E-state index >= 15 is 0 Å². The second kappa shape index (κ2) is 10.7. The first-order valence-corrected chi connectivity index (χ1v) is 11.2. The summed E-state index contributed by atoms with van der Waals surface area (Å²) >= 11 is 0. The van der Waals surface area contributed by atoms with Crippen molar-refractivity contribution in [1.82, 2.24) is 0 Å². The van der Waals surface area contributed by atoms with Gasteiger partial charge in [-0.1, -0.05) is 66.2 Å². The Kier molecular flexibility index (Phi) is 7.51. The molecule has 0 heterocycles. The van der Waals surface area contributed by atoms with Crippen molar-refractivity contribution in [3.63, 3.8) is 0 Å². The van der Waals surface area contributed by atoms with Crippen LogP contribution in [0, 0.1) is 30.2 Å².